The number of aromatic nitrogens is 2. The first-order valence-corrected chi connectivity index (χ1v) is 14.7. The Labute approximate surface area is 277 Å². The van der Waals surface area contributed by atoms with Crippen LogP contribution in [0.25, 0.3) is 55.2 Å². The van der Waals surface area contributed by atoms with E-state index in [4.69, 9.17) is 4.42 Å². The molecular weight excluding hydrogens is 729 g/mol. The number of rotatable bonds is 4. The van der Waals surface area contributed by atoms with Crippen molar-refractivity contribution >= 4 is 32.7 Å². The van der Waals surface area contributed by atoms with Gasteiger partial charge in [-0.15, -0.1) is 59.7 Å². The van der Waals surface area contributed by atoms with Gasteiger partial charge in [-0.1, -0.05) is 98.1 Å². The molecule has 3 aromatic heterocycles. The molecule has 0 aliphatic rings. The Kier molecular flexibility index (Phi) is 8.71. The average molecular weight is 759 g/mol. The summed E-state index contributed by atoms with van der Waals surface area (Å²) < 4.78 is 6.14. The van der Waals surface area contributed by atoms with Crippen LogP contribution in [0.5, 0.6) is 0 Å². The zero-order valence-electron chi connectivity index (χ0n) is 25.0. The Bertz CT molecular complexity index is 2150. The SMILES string of the molecule is CC(C)(c1ccccc1)c1ccnc(-c2[c-]cc3oc4ccc5ccccc5c4c3c2)c1.[Ir].[c-]1ccccc1-c1ccccn1. The van der Waals surface area contributed by atoms with Crippen molar-refractivity contribution in [2.75, 3.05) is 0 Å². The number of hydrogen-bond acceptors (Lipinski definition) is 3. The molecule has 3 nitrogen and oxygen atoms in total. The summed E-state index contributed by atoms with van der Waals surface area (Å²) in [6.45, 7) is 4.51. The van der Waals surface area contributed by atoms with E-state index in [1.54, 1.807) is 6.20 Å². The Morgan fingerprint density at radius 3 is 2.16 bits per heavy atom. The molecule has 0 unspecified atom stereocenters. The maximum Gasteiger partial charge on any atom is 0.121 e. The first-order valence-electron chi connectivity index (χ1n) is 14.7. The first-order chi connectivity index (χ1) is 21.6. The van der Waals surface area contributed by atoms with E-state index < -0.39 is 0 Å². The minimum Gasteiger partial charge on any atom is -0.500 e. The molecule has 0 bridgehead atoms. The maximum absolute atomic E-state index is 6.14. The van der Waals surface area contributed by atoms with Gasteiger partial charge in [0, 0.05) is 43.3 Å². The molecule has 8 rings (SSSR count). The Morgan fingerprint density at radius 2 is 1.36 bits per heavy atom. The summed E-state index contributed by atoms with van der Waals surface area (Å²) >= 11 is 0. The minimum atomic E-state index is -0.123. The Hall–Kier alpha value is -4.89. The van der Waals surface area contributed by atoms with E-state index in [9.17, 15) is 0 Å². The van der Waals surface area contributed by atoms with E-state index in [1.165, 1.54) is 21.9 Å². The molecule has 0 aliphatic heterocycles. The quantitative estimate of drug-likeness (QED) is 0.168. The van der Waals surface area contributed by atoms with E-state index in [0.29, 0.717) is 0 Å². The van der Waals surface area contributed by atoms with Gasteiger partial charge in [-0.25, -0.2) is 0 Å². The van der Waals surface area contributed by atoms with E-state index in [0.717, 1.165) is 44.5 Å². The fraction of sp³-hybridized carbons (Fsp3) is 0.0732. The molecular formula is C41H30IrN2O-2. The molecule has 8 aromatic rings. The number of hydrogen-bond donors (Lipinski definition) is 0. The molecule has 0 amide bonds. The van der Waals surface area contributed by atoms with Crippen molar-refractivity contribution in [3.05, 3.63) is 169 Å². The van der Waals surface area contributed by atoms with Gasteiger partial charge in [0.05, 0.1) is 5.58 Å². The van der Waals surface area contributed by atoms with Crippen LogP contribution < -0.4 is 0 Å². The summed E-state index contributed by atoms with van der Waals surface area (Å²) in [6, 6.07) is 51.8. The predicted octanol–water partition coefficient (Wildman–Crippen LogP) is 10.5. The van der Waals surface area contributed by atoms with Crippen LogP contribution in [0.4, 0.5) is 0 Å². The smallest absolute Gasteiger partial charge is 0.121 e. The number of furan rings is 1. The van der Waals surface area contributed by atoms with Crippen LogP contribution in [-0.4, -0.2) is 9.97 Å². The molecule has 0 saturated carbocycles. The van der Waals surface area contributed by atoms with Crippen LogP contribution in [0.2, 0.25) is 0 Å². The zero-order chi connectivity index (χ0) is 29.9. The molecule has 1 radical (unpaired) electrons. The maximum atomic E-state index is 6.14. The van der Waals surface area contributed by atoms with Crippen molar-refractivity contribution in [1.29, 1.82) is 0 Å². The second-order valence-electron chi connectivity index (χ2n) is 11.3. The topological polar surface area (TPSA) is 38.9 Å². The third kappa shape index (κ3) is 6.08. The first kappa shape index (κ1) is 30.1. The second-order valence-corrected chi connectivity index (χ2v) is 11.3. The monoisotopic (exact) mass is 759 g/mol. The van der Waals surface area contributed by atoms with Gasteiger partial charge in [0.25, 0.3) is 0 Å². The molecule has 45 heavy (non-hydrogen) atoms. The van der Waals surface area contributed by atoms with Gasteiger partial charge in [-0.05, 0) is 51.5 Å². The molecule has 0 atom stereocenters. The fourth-order valence-corrected chi connectivity index (χ4v) is 5.70. The molecule has 0 N–H and O–H groups in total. The van der Waals surface area contributed by atoms with Crippen molar-refractivity contribution in [3.63, 3.8) is 0 Å². The van der Waals surface area contributed by atoms with Crippen molar-refractivity contribution < 1.29 is 24.5 Å². The average Bonchev–Trinajstić information content (AvgIpc) is 3.48. The molecule has 4 heteroatoms. The minimum absolute atomic E-state index is 0. The second kappa shape index (κ2) is 13.0. The normalized spacial score (nSPS) is 11.2. The molecule has 0 fully saturated rings. The number of pyridine rings is 2. The summed E-state index contributed by atoms with van der Waals surface area (Å²) in [5.74, 6) is 0. The number of fused-ring (bicyclic) bond motifs is 5. The van der Waals surface area contributed by atoms with Gasteiger partial charge in [-0.2, -0.15) is 0 Å². The molecule has 5 aromatic carbocycles. The van der Waals surface area contributed by atoms with Crippen LogP contribution in [0.15, 0.2) is 150 Å². The van der Waals surface area contributed by atoms with Gasteiger partial charge >= 0.3 is 0 Å². The van der Waals surface area contributed by atoms with Crippen molar-refractivity contribution in [2.24, 2.45) is 0 Å². The Morgan fingerprint density at radius 1 is 0.578 bits per heavy atom. The van der Waals surface area contributed by atoms with E-state index in [-0.39, 0.29) is 25.5 Å². The van der Waals surface area contributed by atoms with Crippen LogP contribution in [0.1, 0.15) is 25.0 Å². The van der Waals surface area contributed by atoms with Crippen LogP contribution >= 0.6 is 0 Å². The van der Waals surface area contributed by atoms with Gasteiger partial charge in [-0.3, -0.25) is 0 Å². The Balaban J connectivity index is 0.000000231. The summed E-state index contributed by atoms with van der Waals surface area (Å²) in [7, 11) is 0. The standard InChI is InChI=1S/C30H22NO.C11H8N.Ir/c1-30(2,22-9-4-3-5-10-22)23-16-17-31-26(19-23)21-13-14-27-25(18-21)29-24-11-7-6-8-20(24)12-15-28(29)32-27;1-2-6-10(7-3-1)11-8-4-5-9-12-11;/h3-12,14-19H,1-2H3;1-6,8-9H;/q2*-1;. The zero-order valence-corrected chi connectivity index (χ0v) is 27.4. The predicted molar refractivity (Wildman–Crippen MR) is 180 cm³/mol. The largest absolute Gasteiger partial charge is 0.500 e. The van der Waals surface area contributed by atoms with Crippen molar-refractivity contribution in [3.8, 4) is 22.5 Å². The van der Waals surface area contributed by atoms with E-state index in [1.807, 2.05) is 54.7 Å². The van der Waals surface area contributed by atoms with Gasteiger partial charge < -0.3 is 14.4 Å². The van der Waals surface area contributed by atoms with Crippen molar-refractivity contribution in [1.82, 2.24) is 9.97 Å². The summed E-state index contributed by atoms with van der Waals surface area (Å²) in [5.41, 5.74) is 8.03. The molecule has 3 heterocycles. The summed E-state index contributed by atoms with van der Waals surface area (Å²) in [6.07, 6.45) is 3.69. The summed E-state index contributed by atoms with van der Waals surface area (Å²) in [4.78, 5) is 8.91. The van der Waals surface area contributed by atoms with Crippen LogP contribution in [-0.2, 0) is 25.5 Å². The van der Waals surface area contributed by atoms with Crippen LogP contribution in [0, 0.1) is 12.1 Å². The fourth-order valence-electron chi connectivity index (χ4n) is 5.70. The van der Waals surface area contributed by atoms with E-state index in [2.05, 4.69) is 121 Å². The number of nitrogens with zero attached hydrogens (tertiary/aromatic N) is 2. The molecule has 0 spiro atoms. The van der Waals surface area contributed by atoms with Crippen molar-refractivity contribution in [2.45, 2.75) is 19.3 Å². The summed E-state index contributed by atoms with van der Waals surface area (Å²) in [5, 5.41) is 4.66. The molecule has 0 saturated heterocycles. The van der Waals surface area contributed by atoms with Gasteiger partial charge in [0.15, 0.2) is 0 Å². The number of benzene rings is 5. The van der Waals surface area contributed by atoms with Crippen LogP contribution in [0.3, 0.4) is 0 Å². The van der Waals surface area contributed by atoms with Gasteiger partial charge in [0.1, 0.15) is 5.58 Å². The van der Waals surface area contributed by atoms with E-state index >= 15 is 0 Å². The third-order valence-electron chi connectivity index (χ3n) is 8.20. The third-order valence-corrected chi connectivity index (χ3v) is 8.20. The molecule has 0 aliphatic carbocycles. The van der Waals surface area contributed by atoms with Gasteiger partial charge in [0.2, 0.25) is 0 Å². The molecule has 221 valence electrons.